The number of carbonyl (C=O) groups is 2. The molecule has 0 unspecified atom stereocenters. The largest absolute Gasteiger partial charge is 0.349 e. The SMILES string of the molecule is Cn1cc(C(=O)NC2CC3(CCN(C(=O)C4(F)CCC4)C3)C2)cn1. The summed E-state index contributed by atoms with van der Waals surface area (Å²) in [6.07, 6.45) is 7.44. The summed E-state index contributed by atoms with van der Waals surface area (Å²) in [5, 5.41) is 7.03. The molecule has 2 heterocycles. The van der Waals surface area contributed by atoms with Crippen molar-refractivity contribution in [3.63, 3.8) is 0 Å². The van der Waals surface area contributed by atoms with Gasteiger partial charge in [0.15, 0.2) is 5.67 Å². The number of hydrogen-bond donors (Lipinski definition) is 1. The van der Waals surface area contributed by atoms with Crippen LogP contribution in [0, 0.1) is 5.41 Å². The van der Waals surface area contributed by atoms with Gasteiger partial charge in [0.2, 0.25) is 0 Å². The molecule has 0 atom stereocenters. The zero-order valence-corrected chi connectivity index (χ0v) is 13.9. The van der Waals surface area contributed by atoms with E-state index >= 15 is 0 Å². The molecule has 130 valence electrons. The van der Waals surface area contributed by atoms with Gasteiger partial charge in [-0.2, -0.15) is 5.10 Å². The fraction of sp³-hybridized carbons (Fsp3) is 0.706. The first-order valence-corrected chi connectivity index (χ1v) is 8.67. The van der Waals surface area contributed by atoms with Crippen LogP contribution in [0.1, 0.15) is 48.9 Å². The second-order valence-corrected chi connectivity index (χ2v) is 7.78. The van der Waals surface area contributed by atoms with Crippen LogP contribution in [0.5, 0.6) is 0 Å². The van der Waals surface area contributed by atoms with E-state index in [9.17, 15) is 14.0 Å². The number of aryl methyl sites for hydroxylation is 1. The van der Waals surface area contributed by atoms with Gasteiger partial charge in [-0.3, -0.25) is 14.3 Å². The van der Waals surface area contributed by atoms with Crippen LogP contribution in [0.3, 0.4) is 0 Å². The summed E-state index contributed by atoms with van der Waals surface area (Å²) in [5.41, 5.74) is -0.961. The molecule has 0 radical (unpaired) electrons. The number of alkyl halides is 1. The highest BCUT2D eigenvalue weighted by Crippen LogP contribution is 2.49. The first-order valence-electron chi connectivity index (χ1n) is 8.67. The third-order valence-corrected chi connectivity index (χ3v) is 5.92. The van der Waals surface area contributed by atoms with E-state index in [0.717, 1.165) is 25.7 Å². The van der Waals surface area contributed by atoms with E-state index in [-0.39, 0.29) is 23.3 Å². The second kappa shape index (κ2) is 5.29. The fourth-order valence-electron chi connectivity index (χ4n) is 4.32. The highest BCUT2D eigenvalue weighted by atomic mass is 19.1. The normalized spacial score (nSPS) is 30.8. The van der Waals surface area contributed by atoms with Crippen LogP contribution in [0.25, 0.3) is 0 Å². The lowest BCUT2D eigenvalue weighted by atomic mass is 9.65. The summed E-state index contributed by atoms with van der Waals surface area (Å²) in [5.74, 6) is -0.417. The third kappa shape index (κ3) is 2.50. The summed E-state index contributed by atoms with van der Waals surface area (Å²) < 4.78 is 15.9. The lowest BCUT2D eigenvalue weighted by Gasteiger charge is -2.45. The average Bonchev–Trinajstić information content (AvgIpc) is 3.10. The van der Waals surface area contributed by atoms with Gasteiger partial charge in [-0.25, -0.2) is 4.39 Å². The van der Waals surface area contributed by atoms with E-state index in [2.05, 4.69) is 10.4 Å². The van der Waals surface area contributed by atoms with Gasteiger partial charge in [0.25, 0.3) is 11.8 Å². The highest BCUT2D eigenvalue weighted by Gasteiger charge is 2.54. The molecule has 0 aromatic carbocycles. The van der Waals surface area contributed by atoms with Crippen LogP contribution in [0.4, 0.5) is 4.39 Å². The summed E-state index contributed by atoms with van der Waals surface area (Å²) in [6.45, 7) is 1.28. The fourth-order valence-corrected chi connectivity index (χ4v) is 4.32. The second-order valence-electron chi connectivity index (χ2n) is 7.78. The van der Waals surface area contributed by atoms with Gasteiger partial charge < -0.3 is 10.2 Å². The van der Waals surface area contributed by atoms with Gasteiger partial charge in [-0.05, 0) is 43.9 Å². The maximum absolute atomic E-state index is 14.3. The van der Waals surface area contributed by atoms with Crippen LogP contribution in [-0.4, -0.2) is 51.3 Å². The molecular weight excluding hydrogens is 311 g/mol. The predicted octanol–water partition coefficient (Wildman–Crippen LogP) is 1.42. The molecule has 3 aliphatic rings. The molecule has 1 saturated heterocycles. The lowest BCUT2D eigenvalue weighted by molar-refractivity contribution is -0.149. The van der Waals surface area contributed by atoms with Crippen molar-refractivity contribution in [3.05, 3.63) is 18.0 Å². The summed E-state index contributed by atoms with van der Waals surface area (Å²) in [6, 6.07) is 0.135. The number of carbonyl (C=O) groups excluding carboxylic acids is 2. The van der Waals surface area contributed by atoms with Crippen molar-refractivity contribution in [1.29, 1.82) is 0 Å². The molecule has 3 fully saturated rings. The van der Waals surface area contributed by atoms with Crippen molar-refractivity contribution in [2.75, 3.05) is 13.1 Å². The Morgan fingerprint density at radius 2 is 2.08 bits per heavy atom. The number of nitrogens with zero attached hydrogens (tertiary/aromatic N) is 3. The number of nitrogens with one attached hydrogen (secondary N) is 1. The standard InChI is InChI=1S/C17H23FN4O2/c1-21-10-12(9-19-21)14(23)20-13-7-16(8-13)5-6-22(11-16)15(24)17(18)3-2-4-17/h9-10,13H,2-8,11H2,1H3,(H,20,23). The minimum atomic E-state index is -1.59. The highest BCUT2D eigenvalue weighted by molar-refractivity contribution is 5.94. The Morgan fingerprint density at radius 3 is 2.67 bits per heavy atom. The Bertz CT molecular complexity index is 676. The maximum atomic E-state index is 14.3. The molecule has 1 N–H and O–H groups in total. The average molecular weight is 334 g/mol. The van der Waals surface area contributed by atoms with Crippen molar-refractivity contribution in [3.8, 4) is 0 Å². The number of likely N-dealkylation sites (tertiary alicyclic amines) is 1. The zero-order valence-electron chi connectivity index (χ0n) is 13.9. The van der Waals surface area contributed by atoms with Crippen molar-refractivity contribution in [1.82, 2.24) is 20.0 Å². The number of amides is 2. The van der Waals surface area contributed by atoms with Crippen molar-refractivity contribution in [2.45, 2.75) is 50.2 Å². The molecular formula is C17H23FN4O2. The predicted molar refractivity (Wildman–Crippen MR) is 85.0 cm³/mol. The molecule has 1 aromatic heterocycles. The van der Waals surface area contributed by atoms with Crippen molar-refractivity contribution in [2.24, 2.45) is 12.5 Å². The summed E-state index contributed by atoms with van der Waals surface area (Å²) >= 11 is 0. The molecule has 4 rings (SSSR count). The number of halogens is 1. The van der Waals surface area contributed by atoms with E-state index in [1.807, 2.05) is 0 Å². The van der Waals surface area contributed by atoms with Crippen LogP contribution in [-0.2, 0) is 11.8 Å². The van der Waals surface area contributed by atoms with Gasteiger partial charge in [0.05, 0.1) is 11.8 Å². The Balaban J connectivity index is 1.29. The first-order chi connectivity index (χ1) is 11.4. The van der Waals surface area contributed by atoms with E-state index < -0.39 is 5.67 Å². The third-order valence-electron chi connectivity index (χ3n) is 5.92. The van der Waals surface area contributed by atoms with Gasteiger partial charge in [-0.1, -0.05) is 0 Å². The number of aromatic nitrogens is 2. The van der Waals surface area contributed by atoms with Crippen LogP contribution >= 0.6 is 0 Å². The van der Waals surface area contributed by atoms with Crippen LogP contribution < -0.4 is 5.32 Å². The molecule has 0 bridgehead atoms. The lowest BCUT2D eigenvalue weighted by Crippen LogP contribution is -2.54. The zero-order chi connectivity index (χ0) is 16.9. The quantitative estimate of drug-likeness (QED) is 0.909. The molecule has 2 saturated carbocycles. The smallest absolute Gasteiger partial charge is 0.260 e. The Morgan fingerprint density at radius 1 is 1.33 bits per heavy atom. The molecule has 2 aliphatic carbocycles. The topological polar surface area (TPSA) is 67.2 Å². The van der Waals surface area contributed by atoms with E-state index in [1.54, 1.807) is 29.0 Å². The summed E-state index contributed by atoms with van der Waals surface area (Å²) in [7, 11) is 1.78. The first kappa shape index (κ1) is 15.6. The van der Waals surface area contributed by atoms with Gasteiger partial charge in [0.1, 0.15) is 0 Å². The van der Waals surface area contributed by atoms with Gasteiger partial charge in [-0.15, -0.1) is 0 Å². The monoisotopic (exact) mass is 334 g/mol. The minimum Gasteiger partial charge on any atom is -0.349 e. The Labute approximate surface area is 140 Å². The number of rotatable bonds is 3. The molecule has 2 amide bonds. The Kier molecular flexibility index (Phi) is 3.44. The summed E-state index contributed by atoms with van der Waals surface area (Å²) in [4.78, 5) is 26.1. The van der Waals surface area contributed by atoms with Crippen LogP contribution in [0.15, 0.2) is 12.4 Å². The molecule has 6 nitrogen and oxygen atoms in total. The van der Waals surface area contributed by atoms with E-state index in [1.165, 1.54) is 0 Å². The van der Waals surface area contributed by atoms with E-state index in [0.29, 0.717) is 31.5 Å². The molecule has 1 aromatic rings. The maximum Gasteiger partial charge on any atom is 0.260 e. The number of hydrogen-bond acceptors (Lipinski definition) is 3. The molecule has 1 spiro atoms. The Hall–Kier alpha value is -1.92. The van der Waals surface area contributed by atoms with E-state index in [4.69, 9.17) is 0 Å². The van der Waals surface area contributed by atoms with Crippen molar-refractivity contribution < 1.29 is 14.0 Å². The molecule has 7 heteroatoms. The van der Waals surface area contributed by atoms with Crippen LogP contribution in [0.2, 0.25) is 0 Å². The minimum absolute atomic E-state index is 0.0721. The van der Waals surface area contributed by atoms with Gasteiger partial charge in [0, 0.05) is 32.4 Å². The van der Waals surface area contributed by atoms with Gasteiger partial charge >= 0.3 is 0 Å². The van der Waals surface area contributed by atoms with Crippen molar-refractivity contribution >= 4 is 11.8 Å². The molecule has 1 aliphatic heterocycles. The molecule has 24 heavy (non-hydrogen) atoms.